The van der Waals surface area contributed by atoms with Crippen molar-refractivity contribution in [3.05, 3.63) is 64.9 Å². The number of hydrogen-bond donors (Lipinski definition) is 2. The molecule has 0 bridgehead atoms. The van der Waals surface area contributed by atoms with E-state index in [1.807, 2.05) is 6.07 Å². The molecule has 130 valence electrons. The Morgan fingerprint density at radius 3 is 2.65 bits per heavy atom. The van der Waals surface area contributed by atoms with Gasteiger partial charge in [0.25, 0.3) is 0 Å². The molecule has 1 saturated heterocycles. The van der Waals surface area contributed by atoms with Gasteiger partial charge < -0.3 is 5.32 Å². The zero-order chi connectivity index (χ0) is 18.7. The molecule has 1 aliphatic heterocycles. The van der Waals surface area contributed by atoms with E-state index in [4.69, 9.17) is 17.0 Å². The van der Waals surface area contributed by atoms with Gasteiger partial charge in [0.1, 0.15) is 23.7 Å². The molecule has 2 N–H and O–H groups in total. The number of aliphatic imine (C=N–C) groups is 1. The van der Waals surface area contributed by atoms with Crippen LogP contribution < -0.4 is 10.2 Å². The van der Waals surface area contributed by atoms with Gasteiger partial charge in [0.05, 0.1) is 16.8 Å². The molecule has 0 saturated carbocycles. The predicted octanol–water partition coefficient (Wildman–Crippen LogP) is 3.37. The van der Waals surface area contributed by atoms with E-state index in [-0.39, 0.29) is 16.4 Å². The van der Waals surface area contributed by atoms with Crippen molar-refractivity contribution in [1.29, 1.82) is 10.7 Å². The first-order valence-corrected chi connectivity index (χ1v) is 8.01. The van der Waals surface area contributed by atoms with Crippen LogP contribution in [0.15, 0.2) is 53.5 Å². The van der Waals surface area contributed by atoms with E-state index in [2.05, 4.69) is 10.3 Å². The van der Waals surface area contributed by atoms with Gasteiger partial charge in [-0.15, -0.1) is 0 Å². The standard InChI is InChI=1S/C18H13ClFN5O/c19-13-7-4-8-14(20)12(13)10-23-16-15(9-21)24-18(26)25(17(16)22)11-5-2-1-3-6-11/h1-8,10,15-16,22H,(H,24,26). The van der Waals surface area contributed by atoms with Gasteiger partial charge in [-0.3, -0.25) is 10.4 Å². The fraction of sp³-hybridized carbons (Fsp3) is 0.111. The SMILES string of the molecule is N#CC1NC(=O)N(c2ccccc2)C(=N)C1N=Cc1c(F)cccc1Cl. The van der Waals surface area contributed by atoms with Crippen molar-refractivity contribution in [2.75, 3.05) is 4.90 Å². The van der Waals surface area contributed by atoms with E-state index in [1.165, 1.54) is 24.4 Å². The first kappa shape index (κ1) is 17.6. The van der Waals surface area contributed by atoms with E-state index < -0.39 is 23.9 Å². The Balaban J connectivity index is 1.96. The number of nitrogens with one attached hydrogen (secondary N) is 2. The van der Waals surface area contributed by atoms with E-state index in [1.54, 1.807) is 30.3 Å². The molecular formula is C18H13ClFN5O. The number of benzene rings is 2. The summed E-state index contributed by atoms with van der Waals surface area (Å²) in [6.07, 6.45) is 1.18. The van der Waals surface area contributed by atoms with Crippen LogP contribution in [0.1, 0.15) is 5.56 Å². The number of amides is 2. The minimum atomic E-state index is -1.04. The van der Waals surface area contributed by atoms with Crippen LogP contribution in [0.3, 0.4) is 0 Å². The highest BCUT2D eigenvalue weighted by Gasteiger charge is 2.39. The molecule has 1 fully saturated rings. The Morgan fingerprint density at radius 1 is 1.27 bits per heavy atom. The molecule has 3 rings (SSSR count). The number of para-hydroxylation sites is 1. The summed E-state index contributed by atoms with van der Waals surface area (Å²) in [5.74, 6) is -0.753. The molecule has 2 unspecified atom stereocenters. The van der Waals surface area contributed by atoms with Crippen molar-refractivity contribution >= 4 is 35.4 Å². The van der Waals surface area contributed by atoms with Crippen molar-refractivity contribution in [3.8, 4) is 6.07 Å². The number of carbonyl (C=O) groups is 1. The zero-order valence-electron chi connectivity index (χ0n) is 13.4. The summed E-state index contributed by atoms with van der Waals surface area (Å²) in [6, 6.07) is 12.0. The number of nitrogens with zero attached hydrogens (tertiary/aromatic N) is 3. The molecule has 2 atom stereocenters. The van der Waals surface area contributed by atoms with Crippen molar-refractivity contribution in [2.24, 2.45) is 4.99 Å². The number of hydrogen-bond acceptors (Lipinski definition) is 4. The number of anilines is 1. The molecule has 1 aliphatic rings. The molecule has 0 aliphatic carbocycles. The normalized spacial score (nSPS) is 20.1. The molecular weight excluding hydrogens is 357 g/mol. The fourth-order valence-electron chi connectivity index (χ4n) is 2.56. The lowest BCUT2D eigenvalue weighted by Crippen LogP contribution is -2.61. The second kappa shape index (κ2) is 7.33. The topological polar surface area (TPSA) is 92.3 Å². The number of nitriles is 1. The summed E-state index contributed by atoms with van der Waals surface area (Å²) < 4.78 is 13.9. The third-order valence-corrected chi connectivity index (χ3v) is 4.17. The Hall–Kier alpha value is -3.24. The van der Waals surface area contributed by atoms with Crippen LogP contribution >= 0.6 is 11.6 Å². The van der Waals surface area contributed by atoms with Crippen LogP contribution in [0, 0.1) is 22.6 Å². The second-order valence-electron chi connectivity index (χ2n) is 5.47. The number of halogens is 2. The lowest BCUT2D eigenvalue weighted by Gasteiger charge is -2.34. The smallest absolute Gasteiger partial charge is 0.319 e. The van der Waals surface area contributed by atoms with Crippen molar-refractivity contribution < 1.29 is 9.18 Å². The highest BCUT2D eigenvalue weighted by Crippen LogP contribution is 2.22. The largest absolute Gasteiger partial charge is 0.328 e. The Labute approximate surface area is 154 Å². The lowest BCUT2D eigenvalue weighted by molar-refractivity contribution is 0.244. The van der Waals surface area contributed by atoms with Crippen LogP contribution in [-0.4, -0.2) is 30.2 Å². The first-order valence-electron chi connectivity index (χ1n) is 7.64. The van der Waals surface area contributed by atoms with Crippen molar-refractivity contribution in [3.63, 3.8) is 0 Å². The van der Waals surface area contributed by atoms with Gasteiger partial charge in [0.2, 0.25) is 0 Å². The molecule has 2 amide bonds. The summed E-state index contributed by atoms with van der Waals surface area (Å²) in [5, 5.41) is 20.3. The van der Waals surface area contributed by atoms with Gasteiger partial charge in [-0.25, -0.2) is 14.1 Å². The molecule has 8 heteroatoms. The minimum absolute atomic E-state index is 0.0572. The van der Waals surface area contributed by atoms with Gasteiger partial charge in [-0.1, -0.05) is 35.9 Å². The average Bonchev–Trinajstić information content (AvgIpc) is 2.63. The summed E-state index contributed by atoms with van der Waals surface area (Å²) in [7, 11) is 0. The molecule has 0 aromatic heterocycles. The summed E-state index contributed by atoms with van der Waals surface area (Å²) in [5.41, 5.74) is 0.525. The van der Waals surface area contributed by atoms with Crippen LogP contribution in [0.5, 0.6) is 0 Å². The molecule has 0 spiro atoms. The van der Waals surface area contributed by atoms with E-state index in [0.717, 1.165) is 4.90 Å². The Morgan fingerprint density at radius 2 is 2.00 bits per heavy atom. The Bertz CT molecular complexity index is 905. The Kier molecular flexibility index (Phi) is 4.96. The third kappa shape index (κ3) is 3.27. The maximum absolute atomic E-state index is 13.9. The summed E-state index contributed by atoms with van der Waals surface area (Å²) >= 11 is 5.97. The van der Waals surface area contributed by atoms with Gasteiger partial charge in [-0.2, -0.15) is 5.26 Å². The first-order chi connectivity index (χ1) is 12.5. The monoisotopic (exact) mass is 369 g/mol. The van der Waals surface area contributed by atoms with Crippen molar-refractivity contribution in [1.82, 2.24) is 5.32 Å². The maximum Gasteiger partial charge on any atom is 0.328 e. The summed E-state index contributed by atoms with van der Waals surface area (Å²) in [6.45, 7) is 0. The van der Waals surface area contributed by atoms with E-state index >= 15 is 0 Å². The molecule has 0 radical (unpaired) electrons. The minimum Gasteiger partial charge on any atom is -0.319 e. The number of carbonyl (C=O) groups excluding carboxylic acids is 1. The van der Waals surface area contributed by atoms with Crippen LogP contribution in [-0.2, 0) is 0 Å². The van der Waals surface area contributed by atoms with E-state index in [9.17, 15) is 14.4 Å². The molecule has 1 heterocycles. The van der Waals surface area contributed by atoms with Gasteiger partial charge >= 0.3 is 6.03 Å². The molecule has 26 heavy (non-hydrogen) atoms. The highest BCUT2D eigenvalue weighted by molar-refractivity contribution is 6.33. The quantitative estimate of drug-likeness (QED) is 0.812. The highest BCUT2D eigenvalue weighted by atomic mass is 35.5. The number of urea groups is 1. The average molecular weight is 370 g/mol. The maximum atomic E-state index is 13.9. The van der Waals surface area contributed by atoms with Crippen molar-refractivity contribution in [2.45, 2.75) is 12.1 Å². The molecule has 6 nitrogen and oxygen atoms in total. The summed E-state index contributed by atoms with van der Waals surface area (Å²) in [4.78, 5) is 17.6. The fourth-order valence-corrected chi connectivity index (χ4v) is 2.77. The van der Waals surface area contributed by atoms with Crippen LogP contribution in [0.25, 0.3) is 0 Å². The lowest BCUT2D eigenvalue weighted by atomic mass is 10.0. The molecule has 2 aromatic rings. The second-order valence-corrected chi connectivity index (χ2v) is 5.88. The third-order valence-electron chi connectivity index (χ3n) is 3.84. The van der Waals surface area contributed by atoms with Crippen LogP contribution in [0.4, 0.5) is 14.9 Å². The predicted molar refractivity (Wildman–Crippen MR) is 97.4 cm³/mol. The van der Waals surface area contributed by atoms with Crippen LogP contribution in [0.2, 0.25) is 5.02 Å². The van der Waals surface area contributed by atoms with Gasteiger partial charge in [0.15, 0.2) is 0 Å². The molecule has 2 aromatic carbocycles. The van der Waals surface area contributed by atoms with Gasteiger partial charge in [0, 0.05) is 11.8 Å². The number of amidine groups is 1. The zero-order valence-corrected chi connectivity index (χ0v) is 14.1. The van der Waals surface area contributed by atoms with Gasteiger partial charge in [-0.05, 0) is 24.3 Å². The van der Waals surface area contributed by atoms with E-state index in [0.29, 0.717) is 5.69 Å². The number of rotatable bonds is 3.